The number of nitrogens with zero attached hydrogens (tertiary/aromatic N) is 1. The first-order valence-corrected chi connectivity index (χ1v) is 5.59. The zero-order valence-corrected chi connectivity index (χ0v) is 10.1. The van der Waals surface area contributed by atoms with E-state index in [2.05, 4.69) is 20.8 Å². The number of Topliss-reactive ketones (excluding diaryl/α,β-unsaturated/α-hetero) is 1. The van der Waals surface area contributed by atoms with Crippen LogP contribution in [0.3, 0.4) is 0 Å². The van der Waals surface area contributed by atoms with Gasteiger partial charge in [0.15, 0.2) is 5.78 Å². The number of halogens is 1. The van der Waals surface area contributed by atoms with E-state index in [-0.39, 0.29) is 5.78 Å². The molecule has 0 bridgehead atoms. The smallest absolute Gasteiger partial charge is 0.180 e. The van der Waals surface area contributed by atoms with Gasteiger partial charge in [0.25, 0.3) is 0 Å². The topological polar surface area (TPSA) is 29.3 Å². The molecular formula is C11H12BrNO2. The van der Waals surface area contributed by atoms with Crippen molar-refractivity contribution in [2.75, 3.05) is 26.7 Å². The van der Waals surface area contributed by atoms with Crippen LogP contribution in [0, 0.1) is 0 Å². The molecule has 1 fully saturated rings. The van der Waals surface area contributed by atoms with Crippen LogP contribution in [0.5, 0.6) is 5.75 Å². The molecule has 0 aliphatic carbocycles. The molecular weight excluding hydrogens is 258 g/mol. The largest absolute Gasteiger partial charge is 0.496 e. The molecule has 0 N–H and O–H groups in total. The first-order valence-electron chi connectivity index (χ1n) is 4.80. The molecule has 0 saturated carbocycles. The molecule has 1 heterocycles. The highest BCUT2D eigenvalue weighted by atomic mass is 79.9. The molecule has 0 spiro atoms. The van der Waals surface area contributed by atoms with Crippen molar-refractivity contribution in [1.82, 2.24) is 4.90 Å². The van der Waals surface area contributed by atoms with E-state index in [4.69, 9.17) is 4.74 Å². The predicted octanol–water partition coefficient (Wildman–Crippen LogP) is 1.96. The predicted molar refractivity (Wildman–Crippen MR) is 61.5 cm³/mol. The van der Waals surface area contributed by atoms with E-state index >= 15 is 0 Å². The molecule has 0 aromatic heterocycles. The first kappa shape index (κ1) is 10.6. The summed E-state index contributed by atoms with van der Waals surface area (Å²) in [6.45, 7) is 2.55. The van der Waals surface area contributed by atoms with E-state index in [1.165, 1.54) is 0 Å². The molecule has 1 aliphatic rings. The summed E-state index contributed by atoms with van der Waals surface area (Å²) in [6.07, 6.45) is 0. The fourth-order valence-corrected chi connectivity index (χ4v) is 1.78. The third kappa shape index (κ3) is 2.58. The summed E-state index contributed by atoms with van der Waals surface area (Å²) in [5.74, 6) is 0.760. The summed E-state index contributed by atoms with van der Waals surface area (Å²) in [5, 5.41) is 0. The van der Waals surface area contributed by atoms with E-state index in [0.717, 1.165) is 17.6 Å². The monoisotopic (exact) mass is 269 g/mol. The molecule has 15 heavy (non-hydrogen) atoms. The standard InChI is InChI=1S/C11H12BrNO2/c1-15-11-3-2-8(12)6-9(11)10(14)7-13-4-5-13/h2-3,6H,4-5,7H2,1H3. The second-order valence-corrected chi connectivity index (χ2v) is 4.46. The lowest BCUT2D eigenvalue weighted by atomic mass is 10.1. The minimum absolute atomic E-state index is 0.116. The Morgan fingerprint density at radius 3 is 2.87 bits per heavy atom. The Labute approximate surface area is 97.2 Å². The third-order valence-corrected chi connectivity index (χ3v) is 2.86. The lowest BCUT2D eigenvalue weighted by Gasteiger charge is -2.08. The Kier molecular flexibility index (Phi) is 3.07. The SMILES string of the molecule is COc1ccc(Br)cc1C(=O)CN1CC1. The van der Waals surface area contributed by atoms with Crippen molar-refractivity contribution in [2.45, 2.75) is 0 Å². The number of rotatable bonds is 4. The van der Waals surface area contributed by atoms with Crippen molar-refractivity contribution in [3.63, 3.8) is 0 Å². The molecule has 0 unspecified atom stereocenters. The summed E-state index contributed by atoms with van der Waals surface area (Å²) in [7, 11) is 1.58. The van der Waals surface area contributed by atoms with Gasteiger partial charge in [-0.05, 0) is 18.2 Å². The molecule has 2 rings (SSSR count). The van der Waals surface area contributed by atoms with Gasteiger partial charge in [0.05, 0.1) is 19.2 Å². The van der Waals surface area contributed by atoms with Crippen LogP contribution in [0.1, 0.15) is 10.4 Å². The highest BCUT2D eigenvalue weighted by Crippen LogP contribution is 2.24. The first-order chi connectivity index (χ1) is 7.20. The van der Waals surface area contributed by atoms with Gasteiger partial charge in [0.1, 0.15) is 5.75 Å². The number of hydrogen-bond donors (Lipinski definition) is 0. The van der Waals surface area contributed by atoms with E-state index < -0.39 is 0 Å². The molecule has 4 heteroatoms. The second kappa shape index (κ2) is 4.33. The summed E-state index contributed by atoms with van der Waals surface area (Å²) >= 11 is 3.35. The minimum atomic E-state index is 0.116. The maximum atomic E-state index is 11.9. The highest BCUT2D eigenvalue weighted by Gasteiger charge is 2.22. The lowest BCUT2D eigenvalue weighted by molar-refractivity contribution is 0.0971. The fourth-order valence-electron chi connectivity index (χ4n) is 1.42. The molecule has 3 nitrogen and oxygen atoms in total. The van der Waals surface area contributed by atoms with Gasteiger partial charge in [-0.3, -0.25) is 9.69 Å². The Hall–Kier alpha value is -0.870. The van der Waals surface area contributed by atoms with Crippen molar-refractivity contribution in [1.29, 1.82) is 0 Å². The average Bonchev–Trinajstić information content (AvgIpc) is 3.01. The van der Waals surface area contributed by atoms with Gasteiger partial charge >= 0.3 is 0 Å². The number of ketones is 1. The Bertz CT molecular complexity index is 388. The van der Waals surface area contributed by atoms with Crippen molar-refractivity contribution < 1.29 is 9.53 Å². The molecule has 80 valence electrons. The Morgan fingerprint density at radius 2 is 2.27 bits per heavy atom. The van der Waals surface area contributed by atoms with Crippen LogP contribution < -0.4 is 4.74 Å². The molecule has 0 atom stereocenters. The molecule has 1 saturated heterocycles. The highest BCUT2D eigenvalue weighted by molar-refractivity contribution is 9.10. The summed E-state index contributed by atoms with van der Waals surface area (Å²) in [4.78, 5) is 14.0. The van der Waals surface area contributed by atoms with Crippen molar-refractivity contribution in [2.24, 2.45) is 0 Å². The average molecular weight is 270 g/mol. The Morgan fingerprint density at radius 1 is 1.53 bits per heavy atom. The summed E-state index contributed by atoms with van der Waals surface area (Å²) in [6, 6.07) is 5.48. The van der Waals surface area contributed by atoms with Crippen LogP contribution in [0.25, 0.3) is 0 Å². The van der Waals surface area contributed by atoms with Gasteiger partial charge in [0.2, 0.25) is 0 Å². The molecule has 0 amide bonds. The number of methoxy groups -OCH3 is 1. The zero-order valence-electron chi connectivity index (χ0n) is 8.50. The molecule has 1 aromatic rings. The van der Waals surface area contributed by atoms with Crippen LogP contribution in [-0.4, -0.2) is 37.4 Å². The van der Waals surface area contributed by atoms with Crippen LogP contribution in [0.2, 0.25) is 0 Å². The molecule has 0 radical (unpaired) electrons. The quantitative estimate of drug-likeness (QED) is 0.618. The maximum Gasteiger partial charge on any atom is 0.180 e. The van der Waals surface area contributed by atoms with E-state index in [0.29, 0.717) is 17.9 Å². The number of benzene rings is 1. The zero-order chi connectivity index (χ0) is 10.8. The van der Waals surface area contributed by atoms with Gasteiger partial charge in [-0.25, -0.2) is 0 Å². The van der Waals surface area contributed by atoms with Gasteiger partial charge in [-0.15, -0.1) is 0 Å². The number of ether oxygens (including phenoxy) is 1. The van der Waals surface area contributed by atoms with Crippen LogP contribution >= 0.6 is 15.9 Å². The van der Waals surface area contributed by atoms with E-state index in [9.17, 15) is 4.79 Å². The third-order valence-electron chi connectivity index (χ3n) is 2.37. The Balaban J connectivity index is 2.23. The lowest BCUT2D eigenvalue weighted by Crippen LogP contribution is -2.14. The van der Waals surface area contributed by atoms with Gasteiger partial charge < -0.3 is 4.74 Å². The maximum absolute atomic E-state index is 11.9. The van der Waals surface area contributed by atoms with Crippen molar-refractivity contribution in [3.05, 3.63) is 28.2 Å². The van der Waals surface area contributed by atoms with Crippen LogP contribution in [-0.2, 0) is 0 Å². The van der Waals surface area contributed by atoms with E-state index in [1.54, 1.807) is 13.2 Å². The number of carbonyl (C=O) groups excluding carboxylic acids is 1. The molecule has 1 aliphatic heterocycles. The van der Waals surface area contributed by atoms with Gasteiger partial charge in [0, 0.05) is 17.6 Å². The van der Waals surface area contributed by atoms with Crippen molar-refractivity contribution >= 4 is 21.7 Å². The second-order valence-electron chi connectivity index (χ2n) is 3.54. The minimum Gasteiger partial charge on any atom is -0.496 e. The van der Waals surface area contributed by atoms with Crippen LogP contribution in [0.4, 0.5) is 0 Å². The van der Waals surface area contributed by atoms with Crippen molar-refractivity contribution in [3.8, 4) is 5.75 Å². The van der Waals surface area contributed by atoms with Crippen LogP contribution in [0.15, 0.2) is 22.7 Å². The number of carbonyl (C=O) groups is 1. The van der Waals surface area contributed by atoms with Gasteiger partial charge in [-0.1, -0.05) is 15.9 Å². The summed E-state index contributed by atoms with van der Waals surface area (Å²) < 4.78 is 6.06. The number of hydrogen-bond acceptors (Lipinski definition) is 3. The molecule has 1 aromatic carbocycles. The van der Waals surface area contributed by atoms with E-state index in [1.807, 2.05) is 12.1 Å². The fraction of sp³-hybridized carbons (Fsp3) is 0.364. The summed E-state index contributed by atoms with van der Waals surface area (Å²) in [5.41, 5.74) is 0.652. The normalized spacial score (nSPS) is 15.1. The van der Waals surface area contributed by atoms with Gasteiger partial charge in [-0.2, -0.15) is 0 Å².